The zero-order chi connectivity index (χ0) is 22.6. The van der Waals surface area contributed by atoms with Gasteiger partial charge in [0.25, 0.3) is 0 Å². The second-order valence-corrected chi connectivity index (χ2v) is 11.1. The quantitative estimate of drug-likeness (QED) is 0.253. The molecule has 4 heteroatoms. The van der Waals surface area contributed by atoms with E-state index in [1.54, 1.807) is 0 Å². The monoisotopic (exact) mass is 556 g/mol. The van der Waals surface area contributed by atoms with Gasteiger partial charge in [0.05, 0.1) is 0 Å². The van der Waals surface area contributed by atoms with Gasteiger partial charge in [-0.05, 0) is 24.7 Å². The van der Waals surface area contributed by atoms with Gasteiger partial charge < -0.3 is 9.41 Å². The van der Waals surface area contributed by atoms with Crippen molar-refractivity contribution in [2.24, 2.45) is 11.8 Å². The predicted octanol–water partition coefficient (Wildman–Crippen LogP) is 3.09. The van der Waals surface area contributed by atoms with E-state index >= 15 is 0 Å². The average Bonchev–Trinajstić information content (AvgIpc) is 3.31. The molecule has 0 saturated heterocycles. The van der Waals surface area contributed by atoms with Crippen molar-refractivity contribution in [3.05, 3.63) is 83.9 Å². The van der Waals surface area contributed by atoms with Crippen LogP contribution in [-0.4, -0.2) is 9.52 Å². The Labute approximate surface area is 228 Å². The number of hydrogen-bond donors (Lipinski definition) is 0. The Morgan fingerprint density at radius 2 is 1.00 bits per heavy atom. The minimum absolute atomic E-state index is 0. The summed E-state index contributed by atoms with van der Waals surface area (Å²) >= 11 is 0. The molecule has 0 atom stereocenters. The van der Waals surface area contributed by atoms with E-state index in [0.29, 0.717) is 0 Å². The molecule has 0 spiro atoms. The Bertz CT molecular complexity index is 869. The first-order chi connectivity index (χ1) is 14.9. The minimum atomic E-state index is 0. The van der Waals surface area contributed by atoms with Crippen LogP contribution in [0, 0.1) is 11.8 Å². The zero-order valence-corrected chi connectivity index (χ0v) is 25.1. The van der Waals surface area contributed by atoms with Crippen LogP contribution in [0.2, 0.25) is 12.1 Å². The van der Waals surface area contributed by atoms with Crippen LogP contribution >= 0.6 is 0 Å². The molecule has 4 aromatic carbocycles. The van der Waals surface area contributed by atoms with Gasteiger partial charge in [0.1, 0.15) is 0 Å². The maximum Gasteiger partial charge on any atom is 4.00 e. The molecule has 0 aliphatic heterocycles. The van der Waals surface area contributed by atoms with Crippen molar-refractivity contribution in [2.45, 2.75) is 66.5 Å². The fraction of sp³-hybridized carbons (Fsp3) is 0.400. The summed E-state index contributed by atoms with van der Waals surface area (Å²) in [7, 11) is 1.20. The molecule has 0 aliphatic carbocycles. The van der Waals surface area contributed by atoms with Gasteiger partial charge in [-0.1, -0.05) is 65.8 Å². The van der Waals surface area contributed by atoms with Gasteiger partial charge in [-0.15, -0.1) is 81.2 Å². The Morgan fingerprint density at radius 3 is 1.26 bits per heavy atom. The van der Waals surface area contributed by atoms with Crippen molar-refractivity contribution >= 4 is 31.1 Å². The van der Waals surface area contributed by atoms with E-state index in [2.05, 4.69) is 114 Å². The first kappa shape index (κ1) is 34.8. The van der Waals surface area contributed by atoms with Gasteiger partial charge in [0.2, 0.25) is 0 Å². The van der Waals surface area contributed by atoms with Gasteiger partial charge >= 0.3 is 26.2 Å². The van der Waals surface area contributed by atoms with Crippen LogP contribution in [-0.2, 0) is 39.0 Å². The molecule has 0 amide bonds. The second-order valence-electron chi connectivity index (χ2n) is 9.14. The summed E-state index contributed by atoms with van der Waals surface area (Å²) in [5.41, 5.74) is 2.94. The molecule has 0 aliphatic rings. The van der Waals surface area contributed by atoms with Crippen molar-refractivity contribution in [2.75, 3.05) is 0 Å². The number of benzene rings is 2. The van der Waals surface area contributed by atoms with E-state index in [1.165, 1.54) is 67.1 Å². The van der Waals surface area contributed by atoms with Gasteiger partial charge in [0.15, 0.2) is 0 Å². The SMILES string of the molecule is CC(C)Cc1cc2ccccc2[cH-]1.CC(C)Cc1cc2ccccc2[cH-]1.CC[Si]CC.[F-].[F-].[Zr+4]. The number of hydrogen-bond acceptors (Lipinski definition) is 0. The van der Waals surface area contributed by atoms with Crippen LogP contribution in [0.4, 0.5) is 0 Å². The van der Waals surface area contributed by atoms with Crippen molar-refractivity contribution in [3.63, 3.8) is 0 Å². The molecule has 0 fully saturated rings. The molecule has 34 heavy (non-hydrogen) atoms. The number of fused-ring (bicyclic) bond motifs is 2. The summed E-state index contributed by atoms with van der Waals surface area (Å²) in [5, 5.41) is 5.49. The van der Waals surface area contributed by atoms with Crippen molar-refractivity contribution in [1.82, 2.24) is 0 Å². The molecular formula is C30H40F2SiZr. The fourth-order valence-electron chi connectivity index (χ4n) is 3.86. The summed E-state index contributed by atoms with van der Waals surface area (Å²) in [6.07, 6.45) is 2.38. The summed E-state index contributed by atoms with van der Waals surface area (Å²) in [6.45, 7) is 13.5. The van der Waals surface area contributed by atoms with Crippen LogP contribution in [0.5, 0.6) is 0 Å². The molecule has 0 nitrogen and oxygen atoms in total. The van der Waals surface area contributed by atoms with Gasteiger partial charge in [-0.3, -0.25) is 0 Å². The van der Waals surface area contributed by atoms with Crippen molar-refractivity contribution < 1.29 is 35.6 Å². The van der Waals surface area contributed by atoms with Crippen LogP contribution in [0.3, 0.4) is 0 Å². The summed E-state index contributed by atoms with van der Waals surface area (Å²) in [4.78, 5) is 0. The molecular weight excluding hydrogens is 518 g/mol. The van der Waals surface area contributed by atoms with Crippen LogP contribution in [0.25, 0.3) is 21.5 Å². The molecule has 0 N–H and O–H groups in total. The number of halogens is 2. The minimum Gasteiger partial charge on any atom is -1.00 e. The van der Waals surface area contributed by atoms with Gasteiger partial charge in [-0.2, -0.15) is 12.1 Å². The van der Waals surface area contributed by atoms with Crippen LogP contribution in [0.15, 0.2) is 72.8 Å². The normalized spacial score (nSPS) is 9.88. The Kier molecular flexibility index (Phi) is 19.3. The molecule has 2 radical (unpaired) electrons. The molecule has 0 saturated carbocycles. The molecule has 182 valence electrons. The first-order valence-electron chi connectivity index (χ1n) is 11.9. The smallest absolute Gasteiger partial charge is 1.00 e. The Morgan fingerprint density at radius 1 is 0.647 bits per heavy atom. The first-order valence-corrected chi connectivity index (χ1v) is 13.3. The summed E-state index contributed by atoms with van der Waals surface area (Å²) < 4.78 is 0. The van der Waals surface area contributed by atoms with E-state index in [1.807, 2.05) is 0 Å². The van der Waals surface area contributed by atoms with E-state index in [-0.39, 0.29) is 35.6 Å². The van der Waals surface area contributed by atoms with E-state index < -0.39 is 0 Å². The molecule has 0 aromatic heterocycles. The van der Waals surface area contributed by atoms with Gasteiger partial charge in [0, 0.05) is 9.52 Å². The standard InChI is InChI=1S/2C13H15.C4H10Si.2FH.Zr/c2*1-10(2)7-11-8-12-5-3-4-6-13(12)9-11;1-3-5-4-2;;;/h2*3-6,8-10H,7H2,1-2H3;3-4H2,1-2H3;2*1H;/q2*-1;;;;+4/p-2. The van der Waals surface area contributed by atoms with Crippen LogP contribution in [0.1, 0.15) is 52.7 Å². The molecule has 4 aromatic rings. The van der Waals surface area contributed by atoms with Crippen LogP contribution < -0.4 is 9.41 Å². The van der Waals surface area contributed by atoms with E-state index in [0.717, 1.165) is 11.8 Å². The Balaban J connectivity index is 0. The summed E-state index contributed by atoms with van der Waals surface area (Å²) in [5.74, 6) is 1.49. The Hall–Kier alpha value is -1.38. The van der Waals surface area contributed by atoms with Gasteiger partial charge in [-0.25, -0.2) is 0 Å². The third-order valence-electron chi connectivity index (χ3n) is 5.14. The van der Waals surface area contributed by atoms with Crippen molar-refractivity contribution in [1.29, 1.82) is 0 Å². The topological polar surface area (TPSA) is 0 Å². The molecule has 0 heterocycles. The van der Waals surface area contributed by atoms with E-state index in [9.17, 15) is 0 Å². The maximum atomic E-state index is 2.30. The third-order valence-corrected chi connectivity index (χ3v) is 6.14. The summed E-state index contributed by atoms with van der Waals surface area (Å²) in [6, 6.07) is 29.1. The van der Waals surface area contributed by atoms with Crippen molar-refractivity contribution in [3.8, 4) is 0 Å². The second kappa shape index (κ2) is 18.9. The fourth-order valence-corrected chi connectivity index (χ4v) is 4.36. The molecule has 0 bridgehead atoms. The number of rotatable bonds is 6. The maximum absolute atomic E-state index is 2.30. The van der Waals surface area contributed by atoms with E-state index in [4.69, 9.17) is 0 Å². The average molecular weight is 558 g/mol. The largest absolute Gasteiger partial charge is 4.00 e. The third kappa shape index (κ3) is 12.4. The molecule has 4 rings (SSSR count). The molecule has 0 unspecified atom stereocenters. The predicted molar refractivity (Wildman–Crippen MR) is 143 cm³/mol. The zero-order valence-electron chi connectivity index (χ0n) is 21.7.